The number of nitrogens with zero attached hydrogens (tertiary/aromatic N) is 2. The molecule has 0 saturated heterocycles. The van der Waals surface area contributed by atoms with Crippen molar-refractivity contribution in [2.75, 3.05) is 24.5 Å². The van der Waals surface area contributed by atoms with Gasteiger partial charge in [-0.15, -0.1) is 0 Å². The number of amides is 2. The highest BCUT2D eigenvalue weighted by atomic mass is 35.5. The van der Waals surface area contributed by atoms with E-state index >= 15 is 0 Å². The molecule has 3 rings (SSSR count). The summed E-state index contributed by atoms with van der Waals surface area (Å²) in [7, 11) is -2.61. The van der Waals surface area contributed by atoms with Crippen LogP contribution < -0.4 is 14.4 Å². The van der Waals surface area contributed by atoms with Crippen LogP contribution in [-0.4, -0.2) is 51.4 Å². The number of rotatable bonds is 13. The second-order valence-corrected chi connectivity index (χ2v) is 11.8. The van der Waals surface area contributed by atoms with Crippen molar-refractivity contribution in [2.45, 2.75) is 51.1 Å². The number of benzene rings is 3. The summed E-state index contributed by atoms with van der Waals surface area (Å²) >= 11 is 6.00. The van der Waals surface area contributed by atoms with Crippen molar-refractivity contribution < 1.29 is 22.7 Å². The Bertz CT molecular complexity index is 1410. The van der Waals surface area contributed by atoms with Gasteiger partial charge < -0.3 is 15.0 Å². The summed E-state index contributed by atoms with van der Waals surface area (Å²) in [5.41, 5.74) is 1.91. The van der Waals surface area contributed by atoms with Crippen LogP contribution in [0.15, 0.2) is 77.7 Å². The smallest absolute Gasteiger partial charge is 0.264 e. The van der Waals surface area contributed by atoms with Crippen molar-refractivity contribution in [1.29, 1.82) is 0 Å². The molecule has 3 aromatic rings. The number of hydrogen-bond acceptors (Lipinski definition) is 5. The van der Waals surface area contributed by atoms with Crippen LogP contribution >= 0.6 is 11.6 Å². The van der Waals surface area contributed by atoms with E-state index < -0.39 is 28.5 Å². The predicted octanol–water partition coefficient (Wildman–Crippen LogP) is 5.19. The summed E-state index contributed by atoms with van der Waals surface area (Å²) in [5, 5.41) is 3.27. The molecule has 0 aliphatic heterocycles. The average molecular weight is 586 g/mol. The van der Waals surface area contributed by atoms with Crippen molar-refractivity contribution in [2.24, 2.45) is 0 Å². The molecule has 8 nitrogen and oxygen atoms in total. The third-order valence-corrected chi connectivity index (χ3v) is 8.49. The van der Waals surface area contributed by atoms with E-state index in [0.717, 1.165) is 28.3 Å². The van der Waals surface area contributed by atoms with Crippen molar-refractivity contribution in [3.05, 3.63) is 88.9 Å². The standard InChI is InChI=1S/C30H36ClN3O5S/c1-5-6-17-32-30(36)23(3)33(20-24-10-8-12-27(19-24)39-4)29(35)21-34(26-11-7-9-22(2)18-26)40(37,38)28-15-13-25(31)14-16-28/h7-16,18-19,23H,5-6,17,20-21H2,1-4H3,(H,32,36)/t23-/m1/s1. The number of carbonyl (C=O) groups excluding carboxylic acids is 2. The number of anilines is 1. The topological polar surface area (TPSA) is 96.0 Å². The van der Waals surface area contributed by atoms with E-state index in [1.165, 1.54) is 29.2 Å². The molecule has 10 heteroatoms. The highest BCUT2D eigenvalue weighted by Crippen LogP contribution is 2.26. The predicted molar refractivity (Wildman–Crippen MR) is 158 cm³/mol. The van der Waals surface area contributed by atoms with E-state index in [1.807, 2.05) is 26.0 Å². The maximum absolute atomic E-state index is 14.0. The number of nitrogens with one attached hydrogen (secondary N) is 1. The molecule has 0 aromatic heterocycles. The summed E-state index contributed by atoms with van der Waals surface area (Å²) in [6, 6.07) is 19.0. The molecule has 0 heterocycles. The zero-order chi connectivity index (χ0) is 29.3. The number of unbranched alkanes of at least 4 members (excludes halogenated alkanes) is 1. The van der Waals surface area contributed by atoms with Gasteiger partial charge >= 0.3 is 0 Å². The van der Waals surface area contributed by atoms with Gasteiger partial charge in [-0.1, -0.05) is 49.2 Å². The maximum Gasteiger partial charge on any atom is 0.264 e. The molecule has 40 heavy (non-hydrogen) atoms. The van der Waals surface area contributed by atoms with Crippen LogP contribution in [0, 0.1) is 6.92 Å². The molecule has 0 radical (unpaired) electrons. The third-order valence-electron chi connectivity index (χ3n) is 6.45. The van der Waals surface area contributed by atoms with Crippen molar-refractivity contribution in [3.8, 4) is 5.75 Å². The number of hydrogen-bond donors (Lipinski definition) is 1. The summed E-state index contributed by atoms with van der Waals surface area (Å²) in [4.78, 5) is 28.4. The van der Waals surface area contributed by atoms with Gasteiger partial charge in [0.2, 0.25) is 11.8 Å². The lowest BCUT2D eigenvalue weighted by atomic mass is 10.1. The Morgan fingerprint density at radius 1 is 1.02 bits per heavy atom. The first-order chi connectivity index (χ1) is 19.1. The monoisotopic (exact) mass is 585 g/mol. The lowest BCUT2D eigenvalue weighted by molar-refractivity contribution is -0.139. The molecule has 3 aromatic carbocycles. The fraction of sp³-hybridized carbons (Fsp3) is 0.333. The number of ether oxygens (including phenoxy) is 1. The lowest BCUT2D eigenvalue weighted by Gasteiger charge is -2.32. The van der Waals surface area contributed by atoms with Gasteiger partial charge in [-0.25, -0.2) is 8.42 Å². The highest BCUT2D eigenvalue weighted by Gasteiger charge is 2.32. The van der Waals surface area contributed by atoms with E-state index in [0.29, 0.717) is 23.0 Å². The van der Waals surface area contributed by atoms with Crippen molar-refractivity contribution in [3.63, 3.8) is 0 Å². The first-order valence-corrected chi connectivity index (χ1v) is 14.9. The van der Waals surface area contributed by atoms with Gasteiger partial charge in [-0.05, 0) is 79.9 Å². The van der Waals surface area contributed by atoms with Crippen molar-refractivity contribution >= 4 is 39.1 Å². The van der Waals surface area contributed by atoms with Gasteiger partial charge in [0.1, 0.15) is 18.3 Å². The Hall–Kier alpha value is -3.56. The van der Waals surface area contributed by atoms with Crippen LogP contribution in [0.4, 0.5) is 5.69 Å². The Kier molecular flexibility index (Phi) is 11.0. The normalized spacial score (nSPS) is 11.9. The maximum atomic E-state index is 14.0. The van der Waals surface area contributed by atoms with Gasteiger partial charge in [0.25, 0.3) is 10.0 Å². The lowest BCUT2D eigenvalue weighted by Crippen LogP contribution is -2.51. The minimum atomic E-state index is -4.16. The van der Waals surface area contributed by atoms with Gasteiger partial charge in [0.05, 0.1) is 17.7 Å². The van der Waals surface area contributed by atoms with E-state index in [9.17, 15) is 18.0 Å². The second kappa shape index (κ2) is 14.2. The van der Waals surface area contributed by atoms with Crippen molar-refractivity contribution in [1.82, 2.24) is 10.2 Å². The second-order valence-electron chi connectivity index (χ2n) is 9.50. The minimum absolute atomic E-state index is 0.00379. The zero-order valence-electron chi connectivity index (χ0n) is 23.3. The molecule has 0 aliphatic carbocycles. The number of aryl methyl sites for hydroxylation is 1. The van der Waals surface area contributed by atoms with Gasteiger partial charge in [-0.3, -0.25) is 13.9 Å². The molecule has 1 atom stereocenters. The molecule has 1 N–H and O–H groups in total. The van der Waals surface area contributed by atoms with Crippen LogP contribution in [0.3, 0.4) is 0 Å². The van der Waals surface area contributed by atoms with Crippen LogP contribution in [0.2, 0.25) is 5.02 Å². The van der Waals surface area contributed by atoms with Gasteiger partial charge in [0, 0.05) is 18.1 Å². The first-order valence-electron chi connectivity index (χ1n) is 13.1. The Morgan fingerprint density at radius 3 is 2.38 bits per heavy atom. The Balaban J connectivity index is 2.01. The molecule has 0 aliphatic rings. The summed E-state index contributed by atoms with van der Waals surface area (Å²) < 4.78 is 34.1. The van der Waals surface area contributed by atoms with Gasteiger partial charge in [0.15, 0.2) is 0 Å². The Labute approximate surface area is 241 Å². The number of methoxy groups -OCH3 is 1. The molecule has 0 unspecified atom stereocenters. The largest absolute Gasteiger partial charge is 0.497 e. The third kappa shape index (κ3) is 7.99. The summed E-state index contributed by atoms with van der Waals surface area (Å²) in [6.07, 6.45) is 1.72. The van der Waals surface area contributed by atoms with Gasteiger partial charge in [-0.2, -0.15) is 0 Å². The molecule has 0 fully saturated rings. The van der Waals surface area contributed by atoms with E-state index in [4.69, 9.17) is 16.3 Å². The number of carbonyl (C=O) groups is 2. The van der Waals surface area contributed by atoms with Crippen LogP contribution in [-0.2, 0) is 26.2 Å². The molecular formula is C30H36ClN3O5S. The average Bonchev–Trinajstić information content (AvgIpc) is 2.94. The molecule has 2 amide bonds. The first kappa shape index (κ1) is 31.0. The van der Waals surface area contributed by atoms with Crippen LogP contribution in [0.25, 0.3) is 0 Å². The van der Waals surface area contributed by atoms with E-state index in [-0.39, 0.29) is 17.3 Å². The fourth-order valence-corrected chi connectivity index (χ4v) is 5.66. The molecule has 214 valence electrons. The summed E-state index contributed by atoms with van der Waals surface area (Å²) in [6.45, 7) is 5.57. The fourth-order valence-electron chi connectivity index (χ4n) is 4.13. The summed E-state index contributed by atoms with van der Waals surface area (Å²) in [5.74, 6) is -0.232. The van der Waals surface area contributed by atoms with E-state index in [1.54, 1.807) is 50.4 Å². The molecule has 0 bridgehead atoms. The van der Waals surface area contributed by atoms with E-state index in [2.05, 4.69) is 5.32 Å². The highest BCUT2D eigenvalue weighted by molar-refractivity contribution is 7.92. The zero-order valence-corrected chi connectivity index (χ0v) is 24.8. The van der Waals surface area contributed by atoms with Crippen LogP contribution in [0.1, 0.15) is 37.8 Å². The SMILES string of the molecule is CCCCNC(=O)[C@@H](C)N(Cc1cccc(OC)c1)C(=O)CN(c1cccc(C)c1)S(=O)(=O)c1ccc(Cl)cc1. The molecular weight excluding hydrogens is 550 g/mol. The molecule has 0 spiro atoms. The quantitative estimate of drug-likeness (QED) is 0.279. The number of sulfonamides is 1. The Morgan fingerprint density at radius 2 is 1.73 bits per heavy atom. The molecule has 0 saturated carbocycles. The van der Waals surface area contributed by atoms with Crippen LogP contribution in [0.5, 0.6) is 5.75 Å². The number of halogens is 1. The minimum Gasteiger partial charge on any atom is -0.497 e.